The Labute approximate surface area is 124 Å². The number of alkyl halides is 3. The maximum atomic E-state index is 12.3. The minimum absolute atomic E-state index is 0.386. The molecular formula is C13H9ClF3O3S. The first-order chi connectivity index (χ1) is 9.65. The molecule has 2 rings (SSSR count). The van der Waals surface area contributed by atoms with Crippen molar-refractivity contribution < 1.29 is 25.8 Å². The highest BCUT2D eigenvalue weighted by molar-refractivity contribution is 7.88. The third-order valence-electron chi connectivity index (χ3n) is 2.79. The molecule has 0 aliphatic rings. The van der Waals surface area contributed by atoms with Crippen LogP contribution in [0.2, 0.25) is 5.02 Å². The van der Waals surface area contributed by atoms with Gasteiger partial charge in [-0.1, -0.05) is 23.7 Å². The summed E-state index contributed by atoms with van der Waals surface area (Å²) >= 11 is 5.99. The Morgan fingerprint density at radius 1 is 1.19 bits per heavy atom. The lowest BCUT2D eigenvalue weighted by Crippen LogP contribution is -2.28. The van der Waals surface area contributed by atoms with Gasteiger partial charge in [0, 0.05) is 5.02 Å². The van der Waals surface area contributed by atoms with Crippen molar-refractivity contribution in [3.8, 4) is 5.75 Å². The van der Waals surface area contributed by atoms with Crippen LogP contribution < -0.4 is 4.18 Å². The van der Waals surface area contributed by atoms with E-state index in [0.717, 1.165) is 11.6 Å². The van der Waals surface area contributed by atoms with Crippen LogP contribution in [0.1, 0.15) is 5.56 Å². The zero-order chi connectivity index (χ0) is 15.8. The first-order valence-electron chi connectivity index (χ1n) is 5.67. The zero-order valence-corrected chi connectivity index (χ0v) is 12.0. The third-order valence-corrected chi connectivity index (χ3v) is 4.12. The molecule has 0 saturated carbocycles. The fourth-order valence-corrected chi connectivity index (χ4v) is 2.54. The van der Waals surface area contributed by atoms with Gasteiger partial charge in [-0.2, -0.15) is 21.6 Å². The first kappa shape index (κ1) is 15.9. The summed E-state index contributed by atoms with van der Waals surface area (Å²) in [6, 6.07) is 6.91. The minimum atomic E-state index is -5.68. The maximum absolute atomic E-state index is 12.3. The van der Waals surface area contributed by atoms with Crippen LogP contribution in [0.25, 0.3) is 10.8 Å². The van der Waals surface area contributed by atoms with Crippen LogP contribution in [0.3, 0.4) is 0 Å². The number of benzene rings is 2. The topological polar surface area (TPSA) is 43.4 Å². The minimum Gasteiger partial charge on any atom is -0.376 e. The second-order valence-corrected chi connectivity index (χ2v) is 6.09. The molecule has 113 valence electrons. The summed E-state index contributed by atoms with van der Waals surface area (Å²) in [5, 5.41) is 1.66. The van der Waals surface area contributed by atoms with E-state index < -0.39 is 21.4 Å². The maximum Gasteiger partial charge on any atom is 0.534 e. The molecule has 0 aliphatic heterocycles. The smallest absolute Gasteiger partial charge is 0.376 e. The lowest BCUT2D eigenvalue weighted by molar-refractivity contribution is -0.0500. The van der Waals surface area contributed by atoms with Gasteiger partial charge in [0.2, 0.25) is 0 Å². The van der Waals surface area contributed by atoms with E-state index in [4.69, 9.17) is 11.6 Å². The van der Waals surface area contributed by atoms with Gasteiger partial charge in [0.25, 0.3) is 0 Å². The van der Waals surface area contributed by atoms with Gasteiger partial charge in [0.1, 0.15) is 5.75 Å². The quantitative estimate of drug-likeness (QED) is 0.625. The third kappa shape index (κ3) is 3.08. The molecule has 0 N–H and O–H groups in total. The largest absolute Gasteiger partial charge is 0.534 e. The molecule has 21 heavy (non-hydrogen) atoms. The van der Waals surface area contributed by atoms with Crippen LogP contribution in [-0.2, 0) is 16.5 Å². The molecule has 0 amide bonds. The van der Waals surface area contributed by atoms with Gasteiger partial charge >= 0.3 is 15.6 Å². The zero-order valence-electron chi connectivity index (χ0n) is 10.4. The summed E-state index contributed by atoms with van der Waals surface area (Å²) in [4.78, 5) is 0. The molecule has 1 radical (unpaired) electrons. The van der Waals surface area contributed by atoms with E-state index in [1.54, 1.807) is 12.1 Å². The van der Waals surface area contributed by atoms with Crippen molar-refractivity contribution in [2.75, 3.05) is 0 Å². The Balaban J connectivity index is 2.48. The molecule has 0 aromatic heterocycles. The van der Waals surface area contributed by atoms with E-state index in [1.807, 2.05) is 0 Å². The average Bonchev–Trinajstić information content (AvgIpc) is 2.37. The van der Waals surface area contributed by atoms with E-state index in [-0.39, 0.29) is 0 Å². The van der Waals surface area contributed by atoms with Crippen LogP contribution in [0.5, 0.6) is 5.75 Å². The van der Waals surface area contributed by atoms with Crippen LogP contribution in [0.4, 0.5) is 13.2 Å². The van der Waals surface area contributed by atoms with Gasteiger partial charge in [0.15, 0.2) is 0 Å². The molecule has 3 nitrogen and oxygen atoms in total. The number of halogens is 4. The van der Waals surface area contributed by atoms with Crippen molar-refractivity contribution in [1.82, 2.24) is 0 Å². The predicted molar refractivity (Wildman–Crippen MR) is 73.6 cm³/mol. The summed E-state index contributed by atoms with van der Waals surface area (Å²) in [6.45, 7) is 3.72. The monoisotopic (exact) mass is 337 g/mol. The second-order valence-electron chi connectivity index (χ2n) is 4.14. The van der Waals surface area contributed by atoms with Crippen LogP contribution in [-0.4, -0.2) is 13.9 Å². The molecule has 0 fully saturated rings. The summed E-state index contributed by atoms with van der Waals surface area (Å²) in [7, 11) is -5.68. The van der Waals surface area contributed by atoms with Crippen LogP contribution in [0.15, 0.2) is 30.3 Å². The number of hydrogen-bond acceptors (Lipinski definition) is 3. The van der Waals surface area contributed by atoms with Crippen LogP contribution in [0, 0.1) is 6.92 Å². The molecular weight excluding hydrogens is 329 g/mol. The molecule has 2 aromatic rings. The summed E-state index contributed by atoms with van der Waals surface area (Å²) in [5.41, 5.74) is -4.75. The van der Waals surface area contributed by atoms with Crippen molar-refractivity contribution in [2.24, 2.45) is 0 Å². The summed E-state index contributed by atoms with van der Waals surface area (Å²) < 4.78 is 62.8. The predicted octanol–water partition coefficient (Wildman–Crippen LogP) is 4.10. The number of rotatable bonds is 3. The van der Waals surface area contributed by atoms with E-state index in [1.165, 1.54) is 12.1 Å². The van der Waals surface area contributed by atoms with Crippen molar-refractivity contribution >= 4 is 32.5 Å². The van der Waals surface area contributed by atoms with Crippen molar-refractivity contribution in [2.45, 2.75) is 11.9 Å². The molecule has 8 heteroatoms. The Morgan fingerprint density at radius 3 is 2.43 bits per heavy atom. The SMILES string of the molecule is [CH2]Cc1c(Cl)ccc2cc(OS(=O)(=O)C(F)(F)F)ccc12. The van der Waals surface area contributed by atoms with E-state index in [0.29, 0.717) is 22.2 Å². The van der Waals surface area contributed by atoms with Crippen LogP contribution >= 0.6 is 11.6 Å². The summed E-state index contributed by atoms with van der Waals surface area (Å²) in [6.07, 6.45) is 0.386. The molecule has 0 heterocycles. The summed E-state index contributed by atoms with van der Waals surface area (Å²) in [5.74, 6) is -0.419. The highest BCUT2D eigenvalue weighted by Gasteiger charge is 2.48. The van der Waals surface area contributed by atoms with Gasteiger partial charge in [-0.25, -0.2) is 0 Å². The highest BCUT2D eigenvalue weighted by Crippen LogP contribution is 2.32. The van der Waals surface area contributed by atoms with E-state index in [2.05, 4.69) is 11.1 Å². The van der Waals surface area contributed by atoms with Gasteiger partial charge in [-0.05, 0) is 47.9 Å². The molecule has 2 aromatic carbocycles. The first-order valence-corrected chi connectivity index (χ1v) is 7.45. The van der Waals surface area contributed by atoms with E-state index >= 15 is 0 Å². The average molecular weight is 338 g/mol. The fraction of sp³-hybridized carbons (Fsp3) is 0.154. The Bertz CT molecular complexity index is 785. The molecule has 0 atom stereocenters. The molecule has 0 spiro atoms. The van der Waals surface area contributed by atoms with Crippen molar-refractivity contribution in [1.29, 1.82) is 0 Å². The Kier molecular flexibility index (Phi) is 4.08. The van der Waals surface area contributed by atoms with E-state index in [9.17, 15) is 21.6 Å². The Hall–Kier alpha value is -1.47. The Morgan fingerprint density at radius 2 is 1.86 bits per heavy atom. The standard InChI is InChI=1S/C13H9ClF3O3S/c1-2-10-11-5-4-9(7-8(11)3-6-12(10)14)20-21(18,19)13(15,16)17/h3-7H,1-2H2. The van der Waals surface area contributed by atoms with Gasteiger partial charge in [-0.3, -0.25) is 0 Å². The molecule has 0 bridgehead atoms. The fourth-order valence-electron chi connectivity index (χ4n) is 1.83. The van der Waals surface area contributed by atoms with Gasteiger partial charge in [0.05, 0.1) is 0 Å². The molecule has 0 saturated heterocycles. The molecule has 0 aliphatic carbocycles. The second kappa shape index (κ2) is 5.38. The lowest BCUT2D eigenvalue weighted by Gasteiger charge is -2.11. The lowest BCUT2D eigenvalue weighted by atomic mass is 10.0. The van der Waals surface area contributed by atoms with Gasteiger partial charge in [-0.15, -0.1) is 0 Å². The highest BCUT2D eigenvalue weighted by atomic mass is 35.5. The number of fused-ring (bicyclic) bond motifs is 1. The molecule has 0 unspecified atom stereocenters. The normalized spacial score (nSPS) is 12.6. The van der Waals surface area contributed by atoms with Crippen molar-refractivity contribution in [3.05, 3.63) is 47.8 Å². The number of hydrogen-bond donors (Lipinski definition) is 0. The van der Waals surface area contributed by atoms with Gasteiger partial charge < -0.3 is 4.18 Å². The van der Waals surface area contributed by atoms with Crippen molar-refractivity contribution in [3.63, 3.8) is 0 Å².